The second-order valence-corrected chi connectivity index (χ2v) is 10.6. The van der Waals surface area contributed by atoms with Crippen molar-refractivity contribution in [3.8, 4) is 0 Å². The van der Waals surface area contributed by atoms with Gasteiger partial charge in [0.2, 0.25) is 15.9 Å². The molecule has 0 aromatic heterocycles. The topological polar surface area (TPSA) is 66.5 Å². The number of piperidine rings is 1. The van der Waals surface area contributed by atoms with Crippen LogP contribution in [0, 0.1) is 32.1 Å². The van der Waals surface area contributed by atoms with Crippen LogP contribution in [0.4, 0.5) is 0 Å². The number of sulfonamides is 1. The van der Waals surface area contributed by atoms with Crippen molar-refractivity contribution in [1.29, 1.82) is 0 Å². The van der Waals surface area contributed by atoms with Gasteiger partial charge in [0.1, 0.15) is 0 Å². The van der Waals surface area contributed by atoms with Crippen LogP contribution in [0.3, 0.4) is 0 Å². The van der Waals surface area contributed by atoms with E-state index < -0.39 is 10.0 Å². The minimum atomic E-state index is -3.52. The summed E-state index contributed by atoms with van der Waals surface area (Å²) in [7, 11) is -3.52. The first-order chi connectivity index (χ1) is 11.9. The minimum absolute atomic E-state index is 0.0414. The summed E-state index contributed by atoms with van der Waals surface area (Å²) >= 11 is 0. The number of aryl methyl sites for hydroxylation is 3. The quantitative estimate of drug-likeness (QED) is 0.872. The molecule has 2 rings (SSSR count). The lowest BCUT2D eigenvalue weighted by atomic mass is 9.94. The Morgan fingerprint density at radius 3 is 2.08 bits per heavy atom. The fourth-order valence-electron chi connectivity index (χ4n) is 3.56. The van der Waals surface area contributed by atoms with Crippen LogP contribution in [0.2, 0.25) is 0 Å². The van der Waals surface area contributed by atoms with Gasteiger partial charge in [-0.3, -0.25) is 4.79 Å². The average Bonchev–Trinajstić information content (AvgIpc) is 2.50. The average molecular weight is 381 g/mol. The van der Waals surface area contributed by atoms with Crippen molar-refractivity contribution in [2.24, 2.45) is 11.3 Å². The molecule has 1 amide bonds. The molecule has 1 heterocycles. The van der Waals surface area contributed by atoms with Gasteiger partial charge in [-0.15, -0.1) is 0 Å². The van der Waals surface area contributed by atoms with E-state index >= 15 is 0 Å². The Bertz CT molecular complexity index is 748. The van der Waals surface area contributed by atoms with E-state index in [1.54, 1.807) is 0 Å². The maximum atomic E-state index is 13.1. The number of amides is 1. The molecule has 1 aliphatic heterocycles. The van der Waals surface area contributed by atoms with Crippen LogP contribution in [0.1, 0.15) is 50.3 Å². The molecule has 1 aliphatic rings. The molecule has 0 saturated carbocycles. The first kappa shape index (κ1) is 20.9. The summed E-state index contributed by atoms with van der Waals surface area (Å²) in [4.78, 5) is 12.8. The molecule has 0 unspecified atom stereocenters. The standard InChI is InChI=1S/C20H32N2O3S/c1-14-11-15(2)18(16(3)12-14)26(24,25)22-9-7-17(8-10-22)19(23)21-13-20(4,5)6/h11-12,17H,7-10,13H2,1-6H3,(H,21,23). The fraction of sp³-hybridized carbons (Fsp3) is 0.650. The molecule has 0 atom stereocenters. The van der Waals surface area contributed by atoms with Gasteiger partial charge < -0.3 is 5.32 Å². The zero-order chi connectivity index (χ0) is 19.7. The Hall–Kier alpha value is -1.40. The summed E-state index contributed by atoms with van der Waals surface area (Å²) in [5.41, 5.74) is 2.67. The van der Waals surface area contributed by atoms with Crippen molar-refractivity contribution < 1.29 is 13.2 Å². The fourth-order valence-corrected chi connectivity index (χ4v) is 5.44. The summed E-state index contributed by atoms with van der Waals surface area (Å²) in [6.45, 7) is 13.3. The third-order valence-corrected chi connectivity index (χ3v) is 7.03. The van der Waals surface area contributed by atoms with Crippen LogP contribution in [0.5, 0.6) is 0 Å². The predicted octanol–water partition coefficient (Wildman–Crippen LogP) is 3.17. The maximum Gasteiger partial charge on any atom is 0.243 e. The second kappa shape index (κ2) is 7.69. The highest BCUT2D eigenvalue weighted by Gasteiger charge is 2.33. The minimum Gasteiger partial charge on any atom is -0.355 e. The van der Waals surface area contributed by atoms with Crippen molar-refractivity contribution in [2.75, 3.05) is 19.6 Å². The lowest BCUT2D eigenvalue weighted by Gasteiger charge is -2.32. The van der Waals surface area contributed by atoms with E-state index in [1.807, 2.05) is 32.9 Å². The molecule has 1 N–H and O–H groups in total. The number of rotatable bonds is 4. The Balaban J connectivity index is 2.06. The van der Waals surface area contributed by atoms with E-state index in [0.29, 0.717) is 37.4 Å². The molecule has 0 spiro atoms. The van der Waals surface area contributed by atoms with E-state index in [-0.39, 0.29) is 17.2 Å². The molecule has 5 nitrogen and oxygen atoms in total. The number of hydrogen-bond donors (Lipinski definition) is 1. The lowest BCUT2D eigenvalue weighted by Crippen LogP contribution is -2.44. The predicted molar refractivity (Wildman–Crippen MR) is 105 cm³/mol. The molecule has 1 fully saturated rings. The van der Waals surface area contributed by atoms with Gasteiger partial charge in [0.25, 0.3) is 0 Å². The summed E-state index contributed by atoms with van der Waals surface area (Å²) in [6.07, 6.45) is 1.14. The first-order valence-corrected chi connectivity index (χ1v) is 10.7. The molecular weight excluding hydrogens is 348 g/mol. The highest BCUT2D eigenvalue weighted by Crippen LogP contribution is 2.29. The Morgan fingerprint density at radius 1 is 1.12 bits per heavy atom. The van der Waals surface area contributed by atoms with Gasteiger partial charge >= 0.3 is 0 Å². The van der Waals surface area contributed by atoms with Crippen molar-refractivity contribution in [2.45, 2.75) is 59.3 Å². The molecule has 1 aromatic carbocycles. The van der Waals surface area contributed by atoms with E-state index in [0.717, 1.165) is 16.7 Å². The van der Waals surface area contributed by atoms with E-state index in [9.17, 15) is 13.2 Å². The number of carbonyl (C=O) groups excluding carboxylic acids is 1. The summed E-state index contributed by atoms with van der Waals surface area (Å²) in [6, 6.07) is 3.82. The van der Waals surface area contributed by atoms with Gasteiger partial charge in [-0.1, -0.05) is 38.5 Å². The molecule has 1 aromatic rings. The molecular formula is C20H32N2O3S. The highest BCUT2D eigenvalue weighted by molar-refractivity contribution is 7.89. The molecule has 0 bridgehead atoms. The number of benzene rings is 1. The van der Waals surface area contributed by atoms with Gasteiger partial charge in [0, 0.05) is 25.6 Å². The normalized spacial score (nSPS) is 17.3. The van der Waals surface area contributed by atoms with E-state index in [4.69, 9.17) is 0 Å². The zero-order valence-corrected chi connectivity index (χ0v) is 17.7. The smallest absolute Gasteiger partial charge is 0.243 e. The van der Waals surface area contributed by atoms with Crippen molar-refractivity contribution in [1.82, 2.24) is 9.62 Å². The van der Waals surface area contributed by atoms with Crippen molar-refractivity contribution in [3.05, 3.63) is 28.8 Å². The lowest BCUT2D eigenvalue weighted by molar-refractivity contribution is -0.126. The summed E-state index contributed by atoms with van der Waals surface area (Å²) in [5, 5.41) is 3.00. The van der Waals surface area contributed by atoms with Gasteiger partial charge in [-0.05, 0) is 50.2 Å². The molecule has 0 radical (unpaired) electrons. The monoisotopic (exact) mass is 380 g/mol. The van der Waals surface area contributed by atoms with Crippen LogP contribution in [0.15, 0.2) is 17.0 Å². The van der Waals surface area contributed by atoms with Gasteiger partial charge in [-0.2, -0.15) is 4.31 Å². The molecule has 1 saturated heterocycles. The van der Waals surface area contributed by atoms with Crippen LogP contribution in [-0.4, -0.2) is 38.3 Å². The largest absolute Gasteiger partial charge is 0.355 e. The Kier molecular flexibility index (Phi) is 6.18. The van der Waals surface area contributed by atoms with Gasteiger partial charge in [0.05, 0.1) is 4.90 Å². The number of carbonyl (C=O) groups is 1. The van der Waals surface area contributed by atoms with Gasteiger partial charge in [0.15, 0.2) is 0 Å². The Labute approximate surface area is 158 Å². The molecule has 6 heteroatoms. The van der Waals surface area contributed by atoms with Crippen LogP contribution in [-0.2, 0) is 14.8 Å². The SMILES string of the molecule is Cc1cc(C)c(S(=O)(=O)N2CCC(C(=O)NCC(C)(C)C)CC2)c(C)c1. The van der Waals surface area contributed by atoms with Crippen molar-refractivity contribution in [3.63, 3.8) is 0 Å². The van der Waals surface area contributed by atoms with Crippen LogP contribution < -0.4 is 5.32 Å². The molecule has 0 aliphatic carbocycles. The van der Waals surface area contributed by atoms with Crippen LogP contribution >= 0.6 is 0 Å². The van der Waals surface area contributed by atoms with Gasteiger partial charge in [-0.25, -0.2) is 8.42 Å². The van der Waals surface area contributed by atoms with E-state index in [2.05, 4.69) is 26.1 Å². The van der Waals surface area contributed by atoms with E-state index in [1.165, 1.54) is 4.31 Å². The number of hydrogen-bond acceptors (Lipinski definition) is 3. The Morgan fingerprint density at radius 2 is 1.62 bits per heavy atom. The number of nitrogens with one attached hydrogen (secondary N) is 1. The molecule has 26 heavy (non-hydrogen) atoms. The zero-order valence-electron chi connectivity index (χ0n) is 16.8. The third-order valence-electron chi connectivity index (χ3n) is 4.82. The van der Waals surface area contributed by atoms with Crippen LogP contribution in [0.25, 0.3) is 0 Å². The molecule has 146 valence electrons. The maximum absolute atomic E-state index is 13.1. The third kappa shape index (κ3) is 4.86. The van der Waals surface area contributed by atoms with Crippen molar-refractivity contribution >= 4 is 15.9 Å². The summed E-state index contributed by atoms with van der Waals surface area (Å²) < 4.78 is 27.7. The second-order valence-electron chi connectivity index (χ2n) is 8.68. The highest BCUT2D eigenvalue weighted by atomic mass is 32.2. The summed E-state index contributed by atoms with van der Waals surface area (Å²) in [5.74, 6) is -0.0660. The number of nitrogens with zero attached hydrogens (tertiary/aromatic N) is 1. The first-order valence-electron chi connectivity index (χ1n) is 9.27.